The summed E-state index contributed by atoms with van der Waals surface area (Å²) >= 11 is 0. The molecule has 0 bridgehead atoms. The fourth-order valence-electron chi connectivity index (χ4n) is 5.93. The highest BCUT2D eigenvalue weighted by Gasteiger charge is 2.41. The number of benzene rings is 1. The molecule has 2 saturated heterocycles. The molecule has 3 aliphatic rings. The van der Waals surface area contributed by atoms with Crippen LogP contribution >= 0.6 is 0 Å². The number of amides is 2. The van der Waals surface area contributed by atoms with Crippen LogP contribution in [0.4, 0.5) is 0 Å². The van der Waals surface area contributed by atoms with Crippen molar-refractivity contribution in [1.29, 1.82) is 0 Å². The lowest BCUT2D eigenvalue weighted by Crippen LogP contribution is -2.54. The molecule has 0 unspecified atom stereocenters. The van der Waals surface area contributed by atoms with E-state index in [9.17, 15) is 9.59 Å². The molecule has 0 saturated carbocycles. The molecule has 36 heavy (non-hydrogen) atoms. The van der Waals surface area contributed by atoms with Gasteiger partial charge in [0.25, 0.3) is 0 Å². The molecule has 1 aromatic heterocycles. The van der Waals surface area contributed by atoms with E-state index < -0.39 is 0 Å². The minimum absolute atomic E-state index is 0.186. The number of hydrogen-bond acceptors (Lipinski definition) is 5. The van der Waals surface area contributed by atoms with Gasteiger partial charge in [0.2, 0.25) is 11.8 Å². The van der Waals surface area contributed by atoms with Crippen molar-refractivity contribution in [2.24, 2.45) is 5.41 Å². The van der Waals surface area contributed by atoms with Crippen LogP contribution in [0.5, 0.6) is 5.75 Å². The van der Waals surface area contributed by atoms with Crippen LogP contribution in [0.25, 0.3) is 0 Å². The summed E-state index contributed by atoms with van der Waals surface area (Å²) in [5.74, 6) is 1.72. The van der Waals surface area contributed by atoms with Gasteiger partial charge in [-0.15, -0.1) is 0 Å². The number of H-pyrrole nitrogens is 1. The van der Waals surface area contributed by atoms with Gasteiger partial charge in [0, 0.05) is 31.2 Å². The number of hydrogen-bond donors (Lipinski definition) is 2. The summed E-state index contributed by atoms with van der Waals surface area (Å²) in [6.45, 7) is 6.85. The summed E-state index contributed by atoms with van der Waals surface area (Å²) in [7, 11) is 0. The zero-order chi connectivity index (χ0) is 25.0. The first kappa shape index (κ1) is 24.8. The lowest BCUT2D eigenvalue weighted by molar-refractivity contribution is -0.139. The standard InChI is InChI=1S/C28H39N5O3/c1-21-17-30-31-26(21)23-18-33(19-23)25(34)20-32-14-11-28(12-15-32)10-5-4-8-22-7-2-3-9-24(22)36-16-6-13-29-27(28)35/h2-3,7,9,17,23H,4-6,8,10-16,18-20H2,1H3,(H,29,35)(H,30,31). The quantitative estimate of drug-likeness (QED) is 0.686. The van der Waals surface area contributed by atoms with Gasteiger partial charge in [-0.3, -0.25) is 19.6 Å². The molecule has 194 valence electrons. The number of fused-ring (bicyclic) bond motifs is 1. The average Bonchev–Trinajstić information content (AvgIpc) is 3.27. The van der Waals surface area contributed by atoms with Crippen molar-refractivity contribution in [1.82, 2.24) is 25.3 Å². The van der Waals surface area contributed by atoms with Crippen molar-refractivity contribution in [2.75, 3.05) is 45.9 Å². The monoisotopic (exact) mass is 493 g/mol. The van der Waals surface area contributed by atoms with Gasteiger partial charge in [0.05, 0.1) is 24.8 Å². The number of carbonyl (C=O) groups excluding carboxylic acids is 2. The number of carbonyl (C=O) groups is 2. The number of piperidine rings is 1. The zero-order valence-corrected chi connectivity index (χ0v) is 21.4. The highest BCUT2D eigenvalue weighted by Crippen LogP contribution is 2.38. The molecule has 0 radical (unpaired) electrons. The van der Waals surface area contributed by atoms with Crippen LogP contribution in [0.2, 0.25) is 0 Å². The van der Waals surface area contributed by atoms with Crippen molar-refractivity contribution in [3.05, 3.63) is 47.3 Å². The molecule has 8 nitrogen and oxygen atoms in total. The van der Waals surface area contributed by atoms with E-state index in [-0.39, 0.29) is 17.2 Å². The van der Waals surface area contributed by atoms with Crippen LogP contribution in [0.3, 0.4) is 0 Å². The Morgan fingerprint density at radius 2 is 1.94 bits per heavy atom. The molecular weight excluding hydrogens is 454 g/mol. The van der Waals surface area contributed by atoms with Crippen LogP contribution in [-0.4, -0.2) is 77.7 Å². The second-order valence-electron chi connectivity index (χ2n) is 10.8. The lowest BCUT2D eigenvalue weighted by atomic mass is 9.73. The Morgan fingerprint density at radius 1 is 1.14 bits per heavy atom. The molecule has 2 amide bonds. The fourth-order valence-corrected chi connectivity index (χ4v) is 5.93. The van der Waals surface area contributed by atoms with E-state index in [1.807, 2.05) is 23.2 Å². The van der Waals surface area contributed by atoms with E-state index >= 15 is 0 Å². The zero-order valence-electron chi connectivity index (χ0n) is 21.4. The van der Waals surface area contributed by atoms with Gasteiger partial charge in [-0.25, -0.2) is 0 Å². The molecule has 0 aliphatic carbocycles. The first-order valence-corrected chi connectivity index (χ1v) is 13.5. The van der Waals surface area contributed by atoms with Crippen molar-refractivity contribution in [3.8, 4) is 5.75 Å². The van der Waals surface area contributed by atoms with Gasteiger partial charge in [0.15, 0.2) is 0 Å². The molecule has 2 fully saturated rings. The van der Waals surface area contributed by atoms with E-state index in [1.165, 1.54) is 5.56 Å². The second-order valence-corrected chi connectivity index (χ2v) is 10.8. The van der Waals surface area contributed by atoms with E-state index in [0.29, 0.717) is 25.6 Å². The molecule has 2 aromatic rings. The minimum atomic E-state index is -0.325. The first-order valence-electron chi connectivity index (χ1n) is 13.5. The minimum Gasteiger partial charge on any atom is -0.493 e. The van der Waals surface area contributed by atoms with Crippen LogP contribution in [-0.2, 0) is 16.0 Å². The molecular formula is C28H39N5O3. The van der Waals surface area contributed by atoms with Crippen molar-refractivity contribution < 1.29 is 14.3 Å². The second kappa shape index (κ2) is 11.0. The molecule has 2 N–H and O–H groups in total. The lowest BCUT2D eigenvalue weighted by Gasteiger charge is -2.43. The van der Waals surface area contributed by atoms with Gasteiger partial charge in [0.1, 0.15) is 5.75 Å². The Bertz CT molecular complexity index is 1050. The Balaban J connectivity index is 1.13. The van der Waals surface area contributed by atoms with Crippen molar-refractivity contribution >= 4 is 11.8 Å². The summed E-state index contributed by atoms with van der Waals surface area (Å²) in [6, 6.07) is 8.29. The van der Waals surface area contributed by atoms with Gasteiger partial charge >= 0.3 is 0 Å². The molecule has 8 heteroatoms. The Kier molecular flexibility index (Phi) is 7.60. The molecule has 4 heterocycles. The molecule has 3 aliphatic heterocycles. The third-order valence-electron chi connectivity index (χ3n) is 8.35. The van der Waals surface area contributed by atoms with Crippen LogP contribution in [0.1, 0.15) is 61.3 Å². The number of likely N-dealkylation sites (tertiary alicyclic amines) is 2. The third kappa shape index (κ3) is 5.43. The molecule has 0 atom stereocenters. The molecule has 5 rings (SSSR count). The average molecular weight is 494 g/mol. The van der Waals surface area contributed by atoms with Gasteiger partial charge in [-0.2, -0.15) is 5.10 Å². The number of nitrogens with one attached hydrogen (secondary N) is 2. The number of ether oxygens (including phenoxy) is 1. The summed E-state index contributed by atoms with van der Waals surface area (Å²) in [4.78, 5) is 30.4. The number of aromatic nitrogens is 2. The highest BCUT2D eigenvalue weighted by atomic mass is 16.5. The van der Waals surface area contributed by atoms with Crippen molar-refractivity contribution in [3.63, 3.8) is 0 Å². The maximum absolute atomic E-state index is 13.3. The predicted octanol–water partition coefficient (Wildman–Crippen LogP) is 3.04. The number of rotatable bonds is 3. The Morgan fingerprint density at radius 3 is 2.72 bits per heavy atom. The normalized spacial score (nSPS) is 21.8. The van der Waals surface area contributed by atoms with E-state index in [2.05, 4.69) is 39.5 Å². The number of nitrogens with zero attached hydrogens (tertiary/aromatic N) is 3. The topological polar surface area (TPSA) is 90.6 Å². The van der Waals surface area contributed by atoms with Crippen LogP contribution in [0, 0.1) is 12.3 Å². The highest BCUT2D eigenvalue weighted by molar-refractivity contribution is 5.83. The summed E-state index contributed by atoms with van der Waals surface area (Å²) in [5, 5.41) is 10.4. The Labute approximate surface area is 213 Å². The number of para-hydroxylation sites is 1. The van der Waals surface area contributed by atoms with Gasteiger partial charge in [-0.05, 0) is 75.7 Å². The van der Waals surface area contributed by atoms with E-state index in [4.69, 9.17) is 4.74 Å². The summed E-state index contributed by atoms with van der Waals surface area (Å²) in [6.07, 6.45) is 8.21. The summed E-state index contributed by atoms with van der Waals surface area (Å²) < 4.78 is 5.99. The largest absolute Gasteiger partial charge is 0.493 e. The number of aryl methyl sites for hydroxylation is 2. The molecule has 1 spiro atoms. The van der Waals surface area contributed by atoms with E-state index in [0.717, 1.165) is 88.1 Å². The molecule has 1 aromatic carbocycles. The summed E-state index contributed by atoms with van der Waals surface area (Å²) in [5.41, 5.74) is 3.25. The van der Waals surface area contributed by atoms with Crippen LogP contribution in [0.15, 0.2) is 30.5 Å². The maximum Gasteiger partial charge on any atom is 0.236 e. The van der Waals surface area contributed by atoms with Gasteiger partial charge in [-0.1, -0.05) is 24.6 Å². The van der Waals surface area contributed by atoms with Crippen LogP contribution < -0.4 is 10.1 Å². The predicted molar refractivity (Wildman–Crippen MR) is 138 cm³/mol. The first-order chi connectivity index (χ1) is 17.5. The van der Waals surface area contributed by atoms with Crippen molar-refractivity contribution in [2.45, 2.75) is 57.8 Å². The fraction of sp³-hybridized carbons (Fsp3) is 0.607. The maximum atomic E-state index is 13.3. The van der Waals surface area contributed by atoms with E-state index in [1.54, 1.807) is 0 Å². The van der Waals surface area contributed by atoms with Gasteiger partial charge < -0.3 is 15.0 Å². The number of aromatic amines is 1. The smallest absolute Gasteiger partial charge is 0.236 e. The third-order valence-corrected chi connectivity index (χ3v) is 8.35. The Hall–Kier alpha value is -2.87. The SMILES string of the molecule is Cc1cn[nH]c1C1CN(C(=O)CN2CCC3(CCCCc4ccccc4OCCCNC3=O)CC2)C1.